The highest BCUT2D eigenvalue weighted by Gasteiger charge is 2.36. The van der Waals surface area contributed by atoms with Crippen LogP contribution in [0.3, 0.4) is 0 Å². The maximum absolute atomic E-state index is 12.7. The summed E-state index contributed by atoms with van der Waals surface area (Å²) >= 11 is 0. The summed E-state index contributed by atoms with van der Waals surface area (Å²) in [5, 5.41) is 0. The van der Waals surface area contributed by atoms with E-state index in [2.05, 4.69) is 4.72 Å². The van der Waals surface area contributed by atoms with Gasteiger partial charge in [-0.15, -0.1) is 0 Å². The van der Waals surface area contributed by atoms with Crippen molar-refractivity contribution in [3.8, 4) is 5.75 Å². The summed E-state index contributed by atoms with van der Waals surface area (Å²) in [4.78, 5) is 14.3. The monoisotopic (exact) mass is 372 g/mol. The molecule has 1 fully saturated rings. The second kappa shape index (κ2) is 6.32. The molecule has 6 nitrogen and oxygen atoms in total. The average molecular weight is 372 g/mol. The molecule has 2 aliphatic rings. The fourth-order valence-electron chi connectivity index (χ4n) is 3.27. The Morgan fingerprint density at radius 1 is 1.19 bits per heavy atom. The molecule has 1 N–H and O–H groups in total. The van der Waals surface area contributed by atoms with E-state index in [1.165, 1.54) is 13.2 Å². The quantitative estimate of drug-likeness (QED) is 0.876. The van der Waals surface area contributed by atoms with Gasteiger partial charge in [0.05, 0.1) is 12.8 Å². The Morgan fingerprint density at radius 3 is 2.69 bits per heavy atom. The second-order valence-electron chi connectivity index (χ2n) is 6.61. The SMILES string of the molecule is COc1ccccc1S(=O)(=O)Nc1ccc2c(c1)N(C(=O)C1CC1)CC2. The zero-order valence-corrected chi connectivity index (χ0v) is 15.3. The van der Waals surface area contributed by atoms with Crippen molar-refractivity contribution in [3.63, 3.8) is 0 Å². The number of hydrogen-bond donors (Lipinski definition) is 1. The third-order valence-electron chi connectivity index (χ3n) is 4.78. The van der Waals surface area contributed by atoms with Crippen LogP contribution in [0.4, 0.5) is 11.4 Å². The number of para-hydroxylation sites is 1. The molecule has 0 unspecified atom stereocenters. The normalized spacial score (nSPS) is 16.3. The number of anilines is 2. The van der Waals surface area contributed by atoms with Gasteiger partial charge in [-0.05, 0) is 49.1 Å². The van der Waals surface area contributed by atoms with Gasteiger partial charge in [0.2, 0.25) is 5.91 Å². The standard InChI is InChI=1S/C19H20N2O4S/c1-25-17-4-2-3-5-18(17)26(23,24)20-15-9-8-13-10-11-21(16(13)12-15)19(22)14-6-7-14/h2-5,8-9,12,14,20H,6-7,10-11H2,1H3. The van der Waals surface area contributed by atoms with Crippen LogP contribution in [-0.2, 0) is 21.2 Å². The number of rotatable bonds is 5. The Morgan fingerprint density at radius 2 is 1.96 bits per heavy atom. The van der Waals surface area contributed by atoms with Crippen molar-refractivity contribution in [2.45, 2.75) is 24.2 Å². The lowest BCUT2D eigenvalue weighted by molar-refractivity contribution is -0.119. The molecule has 2 aromatic rings. The molecule has 1 saturated carbocycles. The highest BCUT2D eigenvalue weighted by Crippen LogP contribution is 2.38. The van der Waals surface area contributed by atoms with Crippen LogP contribution >= 0.6 is 0 Å². The molecule has 1 aliphatic heterocycles. The number of methoxy groups -OCH3 is 1. The Hall–Kier alpha value is -2.54. The highest BCUT2D eigenvalue weighted by molar-refractivity contribution is 7.92. The topological polar surface area (TPSA) is 75.7 Å². The van der Waals surface area contributed by atoms with Crippen LogP contribution in [0.1, 0.15) is 18.4 Å². The van der Waals surface area contributed by atoms with E-state index in [4.69, 9.17) is 4.74 Å². The lowest BCUT2D eigenvalue weighted by Gasteiger charge is -2.18. The van der Waals surface area contributed by atoms with E-state index in [0.29, 0.717) is 12.2 Å². The molecule has 0 radical (unpaired) electrons. The fraction of sp³-hybridized carbons (Fsp3) is 0.316. The third-order valence-corrected chi connectivity index (χ3v) is 6.20. The molecule has 4 rings (SSSR count). The maximum Gasteiger partial charge on any atom is 0.265 e. The molecule has 0 aromatic heterocycles. The van der Waals surface area contributed by atoms with Crippen molar-refractivity contribution < 1.29 is 17.9 Å². The van der Waals surface area contributed by atoms with Crippen molar-refractivity contribution in [2.24, 2.45) is 5.92 Å². The summed E-state index contributed by atoms with van der Waals surface area (Å²) in [6.45, 7) is 0.660. The van der Waals surface area contributed by atoms with Crippen LogP contribution in [0.25, 0.3) is 0 Å². The number of sulfonamides is 1. The number of nitrogens with zero attached hydrogens (tertiary/aromatic N) is 1. The summed E-state index contributed by atoms with van der Waals surface area (Å²) in [5.41, 5.74) is 2.31. The van der Waals surface area contributed by atoms with Crippen LogP contribution in [0.5, 0.6) is 5.75 Å². The Balaban J connectivity index is 1.63. The van der Waals surface area contributed by atoms with Gasteiger partial charge in [-0.25, -0.2) is 8.42 Å². The number of fused-ring (bicyclic) bond motifs is 1. The van der Waals surface area contributed by atoms with Gasteiger partial charge in [-0.2, -0.15) is 0 Å². The lowest BCUT2D eigenvalue weighted by atomic mass is 10.1. The predicted molar refractivity (Wildman–Crippen MR) is 99.0 cm³/mol. The number of ether oxygens (including phenoxy) is 1. The van der Waals surface area contributed by atoms with Crippen molar-refractivity contribution >= 4 is 27.3 Å². The molecule has 0 atom stereocenters. The zero-order valence-electron chi connectivity index (χ0n) is 14.4. The van der Waals surface area contributed by atoms with Gasteiger partial charge in [-0.3, -0.25) is 9.52 Å². The number of nitrogens with one attached hydrogen (secondary N) is 1. The van der Waals surface area contributed by atoms with Gasteiger partial charge in [0, 0.05) is 18.2 Å². The number of carbonyl (C=O) groups is 1. The third kappa shape index (κ3) is 3.03. The van der Waals surface area contributed by atoms with Gasteiger partial charge in [0.1, 0.15) is 10.6 Å². The molecule has 1 aliphatic carbocycles. The van der Waals surface area contributed by atoms with Crippen molar-refractivity contribution in [3.05, 3.63) is 48.0 Å². The second-order valence-corrected chi connectivity index (χ2v) is 8.26. The summed E-state index contributed by atoms with van der Waals surface area (Å²) in [7, 11) is -2.36. The lowest BCUT2D eigenvalue weighted by Crippen LogP contribution is -2.30. The van der Waals surface area contributed by atoms with Crippen molar-refractivity contribution in [1.29, 1.82) is 0 Å². The van der Waals surface area contributed by atoms with Gasteiger partial charge < -0.3 is 9.64 Å². The summed E-state index contributed by atoms with van der Waals surface area (Å²) in [6, 6.07) is 11.8. The van der Waals surface area contributed by atoms with E-state index < -0.39 is 10.0 Å². The number of carbonyl (C=O) groups excluding carboxylic acids is 1. The molecular formula is C19H20N2O4S. The highest BCUT2D eigenvalue weighted by atomic mass is 32.2. The molecule has 2 aromatic carbocycles. The molecular weight excluding hydrogens is 352 g/mol. The van der Waals surface area contributed by atoms with Gasteiger partial charge in [-0.1, -0.05) is 18.2 Å². The molecule has 7 heteroatoms. The van der Waals surface area contributed by atoms with Crippen LogP contribution in [0.15, 0.2) is 47.4 Å². The average Bonchev–Trinajstić information content (AvgIpc) is 3.41. The first-order chi connectivity index (χ1) is 12.5. The molecule has 0 spiro atoms. The van der Waals surface area contributed by atoms with Crippen LogP contribution in [0.2, 0.25) is 0 Å². The minimum Gasteiger partial charge on any atom is -0.495 e. The molecule has 0 bridgehead atoms. The van der Waals surface area contributed by atoms with E-state index in [0.717, 1.165) is 30.5 Å². The Bertz CT molecular complexity index is 967. The molecule has 1 heterocycles. The maximum atomic E-state index is 12.7. The van der Waals surface area contributed by atoms with Gasteiger partial charge in [0.25, 0.3) is 10.0 Å². The number of hydrogen-bond acceptors (Lipinski definition) is 4. The van der Waals surface area contributed by atoms with E-state index >= 15 is 0 Å². The van der Waals surface area contributed by atoms with E-state index in [-0.39, 0.29) is 22.5 Å². The summed E-state index contributed by atoms with van der Waals surface area (Å²) in [6.07, 6.45) is 2.70. The molecule has 1 amide bonds. The fourth-order valence-corrected chi connectivity index (χ4v) is 4.49. The first-order valence-corrected chi connectivity index (χ1v) is 10.1. The van der Waals surface area contributed by atoms with Crippen LogP contribution < -0.4 is 14.4 Å². The Kier molecular flexibility index (Phi) is 4.11. The minimum atomic E-state index is -3.79. The van der Waals surface area contributed by atoms with Crippen molar-refractivity contribution in [2.75, 3.05) is 23.3 Å². The molecule has 136 valence electrons. The summed E-state index contributed by atoms with van der Waals surface area (Å²) in [5.74, 6) is 0.565. The van der Waals surface area contributed by atoms with Crippen molar-refractivity contribution in [1.82, 2.24) is 0 Å². The van der Waals surface area contributed by atoms with Crippen LogP contribution in [-0.4, -0.2) is 28.0 Å². The smallest absolute Gasteiger partial charge is 0.265 e. The number of benzene rings is 2. The predicted octanol–water partition coefficient (Wildman–Crippen LogP) is 2.80. The first-order valence-electron chi connectivity index (χ1n) is 8.60. The Labute approximate surface area is 152 Å². The molecule has 0 saturated heterocycles. The largest absolute Gasteiger partial charge is 0.495 e. The van der Waals surface area contributed by atoms with E-state index in [9.17, 15) is 13.2 Å². The van der Waals surface area contributed by atoms with E-state index in [1.807, 2.05) is 6.07 Å². The van der Waals surface area contributed by atoms with Gasteiger partial charge in [0.15, 0.2) is 0 Å². The minimum absolute atomic E-state index is 0.0777. The summed E-state index contributed by atoms with van der Waals surface area (Å²) < 4.78 is 33.2. The van der Waals surface area contributed by atoms with Gasteiger partial charge >= 0.3 is 0 Å². The number of amides is 1. The van der Waals surface area contributed by atoms with Crippen LogP contribution in [0, 0.1) is 5.92 Å². The van der Waals surface area contributed by atoms with E-state index in [1.54, 1.807) is 35.2 Å². The molecule has 26 heavy (non-hydrogen) atoms. The zero-order chi connectivity index (χ0) is 18.3. The first kappa shape index (κ1) is 16.9.